The van der Waals surface area contributed by atoms with Crippen LogP contribution in [0, 0.1) is 0 Å². The Morgan fingerprint density at radius 2 is 1.74 bits per heavy atom. The van der Waals surface area contributed by atoms with E-state index < -0.39 is 0 Å². The molecule has 0 atom stereocenters. The molecular formula is C25H24ClN3S2. The summed E-state index contributed by atoms with van der Waals surface area (Å²) in [6, 6.07) is 26.8. The van der Waals surface area contributed by atoms with Crippen LogP contribution in [-0.4, -0.2) is 17.3 Å². The summed E-state index contributed by atoms with van der Waals surface area (Å²) < 4.78 is 5.73. The molecule has 158 valence electrons. The molecule has 0 bridgehead atoms. The summed E-state index contributed by atoms with van der Waals surface area (Å²) in [4.78, 5) is 5.95. The van der Waals surface area contributed by atoms with Crippen molar-refractivity contribution < 1.29 is 0 Å². The first-order valence-electron chi connectivity index (χ1n) is 10.4. The fourth-order valence-electron chi connectivity index (χ4n) is 3.19. The number of halogens is 1. The number of hydrogen-bond acceptors (Lipinski definition) is 5. The number of fused-ring (bicyclic) bond motifs is 1. The number of nitrogens with one attached hydrogen (secondary N) is 1. The molecule has 31 heavy (non-hydrogen) atoms. The topological polar surface area (TPSA) is 28.2 Å². The Morgan fingerprint density at radius 3 is 2.48 bits per heavy atom. The number of nitrogens with zero attached hydrogens (tertiary/aromatic N) is 2. The van der Waals surface area contributed by atoms with Gasteiger partial charge in [0.1, 0.15) is 0 Å². The van der Waals surface area contributed by atoms with Crippen molar-refractivity contribution in [2.45, 2.75) is 18.7 Å². The van der Waals surface area contributed by atoms with Crippen molar-refractivity contribution in [2.75, 3.05) is 21.3 Å². The van der Waals surface area contributed by atoms with Gasteiger partial charge < -0.3 is 9.03 Å². The zero-order valence-corrected chi connectivity index (χ0v) is 19.9. The van der Waals surface area contributed by atoms with Gasteiger partial charge in [-0.3, -0.25) is 0 Å². The van der Waals surface area contributed by atoms with Crippen molar-refractivity contribution in [2.24, 2.45) is 0 Å². The minimum Gasteiger partial charge on any atom is -0.326 e. The molecule has 5 rings (SSSR count). The van der Waals surface area contributed by atoms with Gasteiger partial charge in [-0.15, -0.1) is 0 Å². The quantitative estimate of drug-likeness (QED) is 0.300. The first-order chi connectivity index (χ1) is 15.3. The first-order valence-corrected chi connectivity index (χ1v) is 12.5. The lowest BCUT2D eigenvalue weighted by atomic mass is 10.1. The molecule has 0 amide bonds. The van der Waals surface area contributed by atoms with E-state index in [9.17, 15) is 0 Å². The molecule has 6 heteroatoms. The van der Waals surface area contributed by atoms with Crippen LogP contribution in [0.3, 0.4) is 0 Å². The van der Waals surface area contributed by atoms with Crippen LogP contribution in [0.5, 0.6) is 0 Å². The Bertz CT molecular complexity index is 1160. The Morgan fingerprint density at radius 1 is 0.968 bits per heavy atom. The van der Waals surface area contributed by atoms with Crippen LogP contribution < -0.4 is 9.03 Å². The number of pyridine rings is 1. The van der Waals surface area contributed by atoms with Crippen LogP contribution in [0.4, 0.5) is 11.4 Å². The second kappa shape index (κ2) is 10.3. The SMILES string of the molecule is CC.Clc1ccc(NSc2ccc(N3CCS3)cc2)cc1-c1ccc2ccccc2n1. The molecule has 1 saturated heterocycles. The maximum Gasteiger partial charge on any atom is 0.0725 e. The molecule has 1 fully saturated rings. The van der Waals surface area contributed by atoms with Crippen molar-refractivity contribution in [3.8, 4) is 11.3 Å². The van der Waals surface area contributed by atoms with Crippen LogP contribution in [0.15, 0.2) is 83.8 Å². The lowest BCUT2D eigenvalue weighted by Crippen LogP contribution is -2.28. The summed E-state index contributed by atoms with van der Waals surface area (Å²) in [5.41, 5.74) is 5.02. The van der Waals surface area contributed by atoms with E-state index in [4.69, 9.17) is 16.6 Å². The summed E-state index contributed by atoms with van der Waals surface area (Å²) in [5.74, 6) is 1.21. The molecule has 2 heterocycles. The van der Waals surface area contributed by atoms with Crippen LogP contribution in [0.1, 0.15) is 13.8 Å². The number of aromatic nitrogens is 1. The van der Waals surface area contributed by atoms with Crippen molar-refractivity contribution in [3.05, 3.63) is 83.9 Å². The second-order valence-corrected chi connectivity index (χ2v) is 9.11. The number of hydrogen-bond donors (Lipinski definition) is 1. The van der Waals surface area contributed by atoms with Crippen LogP contribution in [-0.2, 0) is 0 Å². The fraction of sp³-hybridized carbons (Fsp3) is 0.160. The van der Waals surface area contributed by atoms with E-state index in [1.807, 2.05) is 62.2 Å². The zero-order chi connectivity index (χ0) is 21.6. The van der Waals surface area contributed by atoms with Gasteiger partial charge in [0.05, 0.1) is 16.2 Å². The monoisotopic (exact) mass is 465 g/mol. The molecule has 1 N–H and O–H groups in total. The molecular weight excluding hydrogens is 442 g/mol. The van der Waals surface area contributed by atoms with E-state index in [0.717, 1.165) is 34.4 Å². The predicted octanol–water partition coefficient (Wildman–Crippen LogP) is 8.17. The van der Waals surface area contributed by atoms with E-state index in [0.29, 0.717) is 5.02 Å². The van der Waals surface area contributed by atoms with E-state index in [2.05, 4.69) is 51.5 Å². The molecule has 3 aromatic carbocycles. The van der Waals surface area contributed by atoms with Crippen molar-refractivity contribution >= 4 is 57.8 Å². The Labute approximate surface area is 197 Å². The smallest absolute Gasteiger partial charge is 0.0725 e. The van der Waals surface area contributed by atoms with Gasteiger partial charge in [0.15, 0.2) is 0 Å². The van der Waals surface area contributed by atoms with Crippen LogP contribution in [0.25, 0.3) is 22.2 Å². The van der Waals surface area contributed by atoms with E-state index >= 15 is 0 Å². The molecule has 1 aliphatic heterocycles. The maximum absolute atomic E-state index is 6.48. The molecule has 0 radical (unpaired) electrons. The molecule has 0 spiro atoms. The molecule has 1 aromatic heterocycles. The number of benzene rings is 3. The highest BCUT2D eigenvalue weighted by atomic mass is 35.5. The number of rotatable bonds is 5. The van der Waals surface area contributed by atoms with Gasteiger partial charge in [0.2, 0.25) is 0 Å². The van der Waals surface area contributed by atoms with Crippen molar-refractivity contribution in [3.63, 3.8) is 0 Å². The highest BCUT2D eigenvalue weighted by Crippen LogP contribution is 2.34. The third kappa shape index (κ3) is 5.12. The Balaban J connectivity index is 0.00000112. The predicted molar refractivity (Wildman–Crippen MR) is 139 cm³/mol. The summed E-state index contributed by atoms with van der Waals surface area (Å²) in [7, 11) is 0. The number of para-hydroxylation sites is 1. The number of anilines is 2. The summed E-state index contributed by atoms with van der Waals surface area (Å²) in [5, 5.41) is 1.82. The molecule has 0 unspecified atom stereocenters. The van der Waals surface area contributed by atoms with Gasteiger partial charge in [0, 0.05) is 39.5 Å². The molecule has 4 aromatic rings. The van der Waals surface area contributed by atoms with Crippen LogP contribution >= 0.6 is 35.5 Å². The van der Waals surface area contributed by atoms with E-state index in [1.165, 1.54) is 16.3 Å². The molecule has 3 nitrogen and oxygen atoms in total. The average Bonchev–Trinajstić information content (AvgIpc) is 2.79. The van der Waals surface area contributed by atoms with Crippen molar-refractivity contribution in [1.82, 2.24) is 4.98 Å². The average molecular weight is 466 g/mol. The van der Waals surface area contributed by atoms with E-state index in [1.54, 1.807) is 11.9 Å². The normalized spacial score (nSPS) is 12.7. The standard InChI is InChI=1S/C23H18ClN3S2.C2H6/c24-21-11-6-17(26-29-19-9-7-18(8-10-19)27-13-14-28-27)15-20(21)23-12-5-16-3-1-2-4-22(16)25-23;1-2/h1-12,15,26H,13-14H2;1-2H3. The van der Waals surface area contributed by atoms with Gasteiger partial charge in [0.25, 0.3) is 0 Å². The lowest BCUT2D eigenvalue weighted by molar-refractivity contribution is 1.06. The third-order valence-electron chi connectivity index (χ3n) is 4.79. The summed E-state index contributed by atoms with van der Waals surface area (Å²) in [6.45, 7) is 5.13. The minimum absolute atomic E-state index is 0.694. The minimum atomic E-state index is 0.694. The molecule has 0 aliphatic carbocycles. The molecule has 0 saturated carbocycles. The van der Waals surface area contributed by atoms with Gasteiger partial charge >= 0.3 is 0 Å². The molecule has 1 aliphatic rings. The second-order valence-electron chi connectivity index (χ2n) is 6.72. The lowest BCUT2D eigenvalue weighted by Gasteiger charge is -2.31. The highest BCUT2D eigenvalue weighted by Gasteiger charge is 2.15. The zero-order valence-electron chi connectivity index (χ0n) is 17.5. The first kappa shape index (κ1) is 21.9. The maximum atomic E-state index is 6.48. The Kier molecular flexibility index (Phi) is 7.28. The van der Waals surface area contributed by atoms with Gasteiger partial charge in [-0.2, -0.15) is 0 Å². The van der Waals surface area contributed by atoms with Gasteiger partial charge in [-0.1, -0.05) is 49.7 Å². The summed E-state index contributed by atoms with van der Waals surface area (Å²) >= 11 is 9.95. The Hall–Kier alpha value is -2.34. The van der Waals surface area contributed by atoms with Crippen molar-refractivity contribution in [1.29, 1.82) is 0 Å². The van der Waals surface area contributed by atoms with Gasteiger partial charge in [-0.25, -0.2) is 4.98 Å². The van der Waals surface area contributed by atoms with E-state index in [-0.39, 0.29) is 0 Å². The third-order valence-corrected chi connectivity index (χ3v) is 7.04. The van der Waals surface area contributed by atoms with Crippen LogP contribution in [0.2, 0.25) is 5.02 Å². The summed E-state index contributed by atoms with van der Waals surface area (Å²) in [6.07, 6.45) is 0. The van der Waals surface area contributed by atoms with Gasteiger partial charge in [-0.05, 0) is 78.5 Å². The fourth-order valence-corrected chi connectivity index (χ4v) is 4.67. The largest absolute Gasteiger partial charge is 0.326 e. The highest BCUT2D eigenvalue weighted by molar-refractivity contribution is 8.02.